The predicted molar refractivity (Wildman–Crippen MR) is 76.7 cm³/mol. The minimum absolute atomic E-state index is 0.0280. The van der Waals surface area contributed by atoms with Crippen molar-refractivity contribution in [3.05, 3.63) is 59.5 Å². The van der Waals surface area contributed by atoms with E-state index in [-0.39, 0.29) is 23.3 Å². The number of morpholine rings is 1. The maximum Gasteiger partial charge on any atom is 0.338 e. The standard InChI is InChI=1S/C16H15NO5/c18-15(14-8-12(9-22-14)16(19)20)17-6-7-21-10-13(17)11-4-2-1-3-5-11/h1-5,8-9,13H,6-7,10H2,(H,19,20)/t13-/m1/s1. The molecule has 1 atom stereocenters. The lowest BCUT2D eigenvalue weighted by Gasteiger charge is -2.35. The van der Waals surface area contributed by atoms with E-state index in [1.165, 1.54) is 6.07 Å². The molecule has 0 aliphatic carbocycles. The van der Waals surface area contributed by atoms with E-state index in [4.69, 9.17) is 14.3 Å². The van der Waals surface area contributed by atoms with Gasteiger partial charge in [-0.3, -0.25) is 4.79 Å². The molecule has 1 aromatic heterocycles. The van der Waals surface area contributed by atoms with E-state index in [0.717, 1.165) is 11.8 Å². The first-order chi connectivity index (χ1) is 10.7. The molecule has 0 unspecified atom stereocenters. The van der Waals surface area contributed by atoms with Crippen LogP contribution in [0.15, 0.2) is 47.1 Å². The number of carbonyl (C=O) groups excluding carboxylic acids is 1. The maximum atomic E-state index is 12.6. The lowest BCUT2D eigenvalue weighted by Crippen LogP contribution is -2.43. The zero-order valence-electron chi connectivity index (χ0n) is 11.8. The summed E-state index contributed by atoms with van der Waals surface area (Å²) in [5.74, 6) is -1.42. The van der Waals surface area contributed by atoms with Crippen LogP contribution in [0.3, 0.4) is 0 Å². The highest BCUT2D eigenvalue weighted by atomic mass is 16.5. The Morgan fingerprint density at radius 1 is 1.23 bits per heavy atom. The molecule has 1 aromatic carbocycles. The number of nitrogens with zero attached hydrogens (tertiary/aromatic N) is 1. The third-order valence-corrected chi connectivity index (χ3v) is 3.63. The number of furan rings is 1. The smallest absolute Gasteiger partial charge is 0.338 e. The van der Waals surface area contributed by atoms with E-state index in [0.29, 0.717) is 19.8 Å². The molecule has 2 aromatic rings. The van der Waals surface area contributed by atoms with Gasteiger partial charge in [-0.25, -0.2) is 4.79 Å². The number of hydrogen-bond donors (Lipinski definition) is 1. The Morgan fingerprint density at radius 3 is 2.68 bits per heavy atom. The third-order valence-electron chi connectivity index (χ3n) is 3.63. The lowest BCUT2D eigenvalue weighted by molar-refractivity contribution is -0.00425. The summed E-state index contributed by atoms with van der Waals surface area (Å²) in [6.45, 7) is 1.28. The number of ether oxygens (including phenoxy) is 1. The number of carboxylic acids is 1. The topological polar surface area (TPSA) is 80.0 Å². The molecule has 1 N–H and O–H groups in total. The molecule has 3 rings (SSSR count). The number of amides is 1. The quantitative estimate of drug-likeness (QED) is 0.940. The van der Waals surface area contributed by atoms with Crippen molar-refractivity contribution in [3.63, 3.8) is 0 Å². The van der Waals surface area contributed by atoms with Crippen molar-refractivity contribution >= 4 is 11.9 Å². The van der Waals surface area contributed by atoms with Gasteiger partial charge in [-0.05, 0) is 5.56 Å². The molecular weight excluding hydrogens is 286 g/mol. The monoisotopic (exact) mass is 301 g/mol. The van der Waals surface area contributed by atoms with Crippen molar-refractivity contribution in [1.29, 1.82) is 0 Å². The fraction of sp³-hybridized carbons (Fsp3) is 0.250. The average molecular weight is 301 g/mol. The molecule has 0 bridgehead atoms. The fourth-order valence-corrected chi connectivity index (χ4v) is 2.50. The Labute approximate surface area is 126 Å². The summed E-state index contributed by atoms with van der Waals surface area (Å²) in [5, 5.41) is 8.92. The maximum absolute atomic E-state index is 12.6. The molecule has 1 aliphatic heterocycles. The molecule has 6 heteroatoms. The van der Waals surface area contributed by atoms with E-state index in [1.54, 1.807) is 4.90 Å². The van der Waals surface area contributed by atoms with Crippen molar-refractivity contribution in [2.24, 2.45) is 0 Å². The van der Waals surface area contributed by atoms with Crippen LogP contribution in [0, 0.1) is 0 Å². The molecule has 0 spiro atoms. The minimum Gasteiger partial charge on any atom is -0.478 e. The Hall–Kier alpha value is -2.60. The van der Waals surface area contributed by atoms with Crippen molar-refractivity contribution in [1.82, 2.24) is 4.90 Å². The van der Waals surface area contributed by atoms with Crippen molar-refractivity contribution in [3.8, 4) is 0 Å². The van der Waals surface area contributed by atoms with Gasteiger partial charge in [0.1, 0.15) is 6.26 Å². The number of carbonyl (C=O) groups is 2. The predicted octanol–water partition coefficient (Wildman–Crippen LogP) is 2.19. The highest BCUT2D eigenvalue weighted by Gasteiger charge is 2.31. The lowest BCUT2D eigenvalue weighted by atomic mass is 10.0. The van der Waals surface area contributed by atoms with Gasteiger partial charge in [0, 0.05) is 12.6 Å². The third kappa shape index (κ3) is 2.73. The van der Waals surface area contributed by atoms with Gasteiger partial charge in [0.25, 0.3) is 5.91 Å². The molecule has 1 saturated heterocycles. The van der Waals surface area contributed by atoms with Crippen molar-refractivity contribution in [2.45, 2.75) is 6.04 Å². The van der Waals surface area contributed by atoms with E-state index >= 15 is 0 Å². The molecule has 6 nitrogen and oxygen atoms in total. The van der Waals surface area contributed by atoms with E-state index in [1.807, 2.05) is 30.3 Å². The number of hydrogen-bond acceptors (Lipinski definition) is 4. The molecular formula is C16H15NO5. The summed E-state index contributed by atoms with van der Waals surface area (Å²) in [6.07, 6.45) is 1.08. The SMILES string of the molecule is O=C(O)c1coc(C(=O)N2CCOC[C@@H]2c2ccccc2)c1. The summed E-state index contributed by atoms with van der Waals surface area (Å²) in [4.78, 5) is 25.2. The first-order valence-corrected chi connectivity index (χ1v) is 6.92. The second-order valence-electron chi connectivity index (χ2n) is 5.00. The summed E-state index contributed by atoms with van der Waals surface area (Å²) in [5.41, 5.74) is 0.938. The van der Waals surface area contributed by atoms with Crippen molar-refractivity contribution < 1.29 is 23.8 Å². The number of aromatic carboxylic acids is 1. The van der Waals surface area contributed by atoms with Crippen molar-refractivity contribution in [2.75, 3.05) is 19.8 Å². The van der Waals surface area contributed by atoms with Crippen LogP contribution < -0.4 is 0 Å². The minimum atomic E-state index is -1.12. The molecule has 1 amide bonds. The first-order valence-electron chi connectivity index (χ1n) is 6.92. The number of rotatable bonds is 3. The molecule has 1 fully saturated rings. The summed E-state index contributed by atoms with van der Waals surface area (Å²) < 4.78 is 10.6. The Morgan fingerprint density at radius 2 is 2.00 bits per heavy atom. The van der Waals surface area contributed by atoms with E-state index in [2.05, 4.69) is 0 Å². The number of benzene rings is 1. The Bertz CT molecular complexity index is 679. The summed E-state index contributed by atoms with van der Waals surface area (Å²) >= 11 is 0. The van der Waals surface area contributed by atoms with Crippen LogP contribution >= 0.6 is 0 Å². The zero-order chi connectivity index (χ0) is 15.5. The largest absolute Gasteiger partial charge is 0.478 e. The van der Waals surface area contributed by atoms with Gasteiger partial charge < -0.3 is 19.2 Å². The average Bonchev–Trinajstić information content (AvgIpc) is 3.05. The van der Waals surface area contributed by atoms with Gasteiger partial charge >= 0.3 is 5.97 Å². The van der Waals surface area contributed by atoms with E-state index in [9.17, 15) is 9.59 Å². The molecule has 0 radical (unpaired) electrons. The molecule has 1 aliphatic rings. The number of carboxylic acid groups (broad SMARTS) is 1. The molecule has 0 saturated carbocycles. The van der Waals surface area contributed by atoms with Crippen LogP contribution in [0.2, 0.25) is 0 Å². The zero-order valence-corrected chi connectivity index (χ0v) is 11.8. The van der Waals surface area contributed by atoms with Crippen LogP contribution in [0.1, 0.15) is 32.5 Å². The Kier molecular flexibility index (Phi) is 3.93. The van der Waals surface area contributed by atoms with Crippen LogP contribution in [0.5, 0.6) is 0 Å². The van der Waals surface area contributed by atoms with Gasteiger partial charge in [0.15, 0.2) is 5.76 Å². The van der Waals surface area contributed by atoms with Gasteiger partial charge in [0.05, 0.1) is 24.8 Å². The summed E-state index contributed by atoms with van der Waals surface area (Å²) in [6, 6.07) is 10.6. The molecule has 22 heavy (non-hydrogen) atoms. The fourth-order valence-electron chi connectivity index (χ4n) is 2.50. The second kappa shape index (κ2) is 6.03. The van der Waals surface area contributed by atoms with Crippen LogP contribution in [-0.2, 0) is 4.74 Å². The first kappa shape index (κ1) is 14.3. The molecule has 2 heterocycles. The van der Waals surface area contributed by atoms with Gasteiger partial charge in [-0.1, -0.05) is 30.3 Å². The van der Waals surface area contributed by atoms with Crippen LogP contribution in [0.4, 0.5) is 0 Å². The Balaban J connectivity index is 1.86. The summed E-state index contributed by atoms with van der Waals surface area (Å²) in [7, 11) is 0. The van der Waals surface area contributed by atoms with Gasteiger partial charge in [-0.15, -0.1) is 0 Å². The second-order valence-corrected chi connectivity index (χ2v) is 5.00. The van der Waals surface area contributed by atoms with Crippen LogP contribution in [0.25, 0.3) is 0 Å². The highest BCUT2D eigenvalue weighted by Crippen LogP contribution is 2.26. The van der Waals surface area contributed by atoms with E-state index < -0.39 is 5.97 Å². The van der Waals surface area contributed by atoms with Gasteiger partial charge in [-0.2, -0.15) is 0 Å². The normalized spacial score (nSPS) is 18.2. The van der Waals surface area contributed by atoms with Crippen LogP contribution in [-0.4, -0.2) is 41.6 Å². The van der Waals surface area contributed by atoms with Gasteiger partial charge in [0.2, 0.25) is 0 Å². The highest BCUT2D eigenvalue weighted by molar-refractivity contribution is 5.95. The molecule has 114 valence electrons.